The summed E-state index contributed by atoms with van der Waals surface area (Å²) >= 11 is 3.48. The van der Waals surface area contributed by atoms with Crippen LogP contribution in [0.3, 0.4) is 0 Å². The smallest absolute Gasteiger partial charge is 0.330 e. The molecule has 0 aliphatic heterocycles. The van der Waals surface area contributed by atoms with E-state index in [4.69, 9.17) is 14.5 Å². The summed E-state index contributed by atoms with van der Waals surface area (Å²) in [5.74, 6) is -0.409. The quantitative estimate of drug-likeness (QED) is 0.404. The van der Waals surface area contributed by atoms with Gasteiger partial charge < -0.3 is 9.47 Å². The number of ether oxygens (including phenoxy) is 2. The van der Waals surface area contributed by atoms with Crippen LogP contribution in [0.2, 0.25) is 0 Å². The molecule has 3 rings (SSSR count). The molecule has 0 radical (unpaired) electrons. The summed E-state index contributed by atoms with van der Waals surface area (Å²) in [6.07, 6.45) is 8.42. The molecule has 0 atom stereocenters. The van der Waals surface area contributed by atoms with Gasteiger partial charge in [0.2, 0.25) is 0 Å². The van der Waals surface area contributed by atoms with E-state index in [1.165, 1.54) is 6.08 Å². The molecule has 7 nitrogen and oxygen atoms in total. The van der Waals surface area contributed by atoms with Crippen molar-refractivity contribution in [3.05, 3.63) is 46.5 Å². The molecular formula is C20H21BrN4O3. The van der Waals surface area contributed by atoms with Crippen LogP contribution in [0.4, 0.5) is 0 Å². The summed E-state index contributed by atoms with van der Waals surface area (Å²) in [6, 6.07) is 1.98. The lowest BCUT2D eigenvalue weighted by molar-refractivity contribution is -0.137. The summed E-state index contributed by atoms with van der Waals surface area (Å²) < 4.78 is 13.1. The summed E-state index contributed by atoms with van der Waals surface area (Å²) in [5.41, 5.74) is 4.03. The van der Waals surface area contributed by atoms with Gasteiger partial charge in [-0.15, -0.1) is 0 Å². The second-order valence-electron chi connectivity index (χ2n) is 5.96. The van der Waals surface area contributed by atoms with E-state index < -0.39 is 5.97 Å². The maximum atomic E-state index is 11.9. The van der Waals surface area contributed by atoms with Gasteiger partial charge in [-0.05, 0) is 41.9 Å². The molecule has 0 saturated heterocycles. The fourth-order valence-electron chi connectivity index (χ4n) is 3.01. The predicted octanol–water partition coefficient (Wildman–Crippen LogP) is 4.00. The maximum absolute atomic E-state index is 11.9. The third-order valence-electron chi connectivity index (χ3n) is 4.15. The second kappa shape index (κ2) is 9.07. The monoisotopic (exact) mass is 444 g/mol. The van der Waals surface area contributed by atoms with Gasteiger partial charge in [-0.2, -0.15) is 5.10 Å². The van der Waals surface area contributed by atoms with Crippen LogP contribution in [0.15, 0.2) is 35.2 Å². The average Bonchev–Trinajstić information content (AvgIpc) is 3.08. The van der Waals surface area contributed by atoms with Crippen LogP contribution in [0.25, 0.3) is 28.2 Å². The van der Waals surface area contributed by atoms with E-state index >= 15 is 0 Å². The van der Waals surface area contributed by atoms with E-state index in [1.54, 1.807) is 38.7 Å². The Kier molecular flexibility index (Phi) is 6.53. The summed E-state index contributed by atoms with van der Waals surface area (Å²) in [4.78, 5) is 21.0. The molecule has 0 unspecified atom stereocenters. The topological polar surface area (TPSA) is 79.1 Å². The highest BCUT2D eigenvalue weighted by Gasteiger charge is 2.19. The Bertz CT molecular complexity index is 1030. The van der Waals surface area contributed by atoms with Gasteiger partial charge in [0, 0.05) is 58.7 Å². The number of aromatic nitrogens is 4. The van der Waals surface area contributed by atoms with Gasteiger partial charge in [0.05, 0.1) is 25.1 Å². The summed E-state index contributed by atoms with van der Waals surface area (Å²) in [6.45, 7) is 5.09. The van der Waals surface area contributed by atoms with Crippen molar-refractivity contribution in [1.82, 2.24) is 19.7 Å². The predicted molar refractivity (Wildman–Crippen MR) is 111 cm³/mol. The van der Waals surface area contributed by atoms with E-state index in [2.05, 4.69) is 26.0 Å². The van der Waals surface area contributed by atoms with E-state index in [0.717, 1.165) is 32.2 Å². The van der Waals surface area contributed by atoms with Crippen molar-refractivity contribution < 1.29 is 14.3 Å². The molecule has 8 heteroatoms. The van der Waals surface area contributed by atoms with Crippen molar-refractivity contribution in [1.29, 1.82) is 0 Å². The third-order valence-corrected chi connectivity index (χ3v) is 4.58. The lowest BCUT2D eigenvalue weighted by atomic mass is 9.97. The van der Waals surface area contributed by atoms with E-state index in [9.17, 15) is 4.79 Å². The average molecular weight is 445 g/mol. The van der Waals surface area contributed by atoms with Crippen LogP contribution < -0.4 is 0 Å². The number of rotatable bonds is 7. The molecule has 0 aliphatic carbocycles. The zero-order valence-electron chi connectivity index (χ0n) is 16.0. The second-order valence-corrected chi connectivity index (χ2v) is 6.87. The van der Waals surface area contributed by atoms with Crippen molar-refractivity contribution >= 4 is 39.0 Å². The van der Waals surface area contributed by atoms with Crippen LogP contribution in [0, 0.1) is 0 Å². The highest BCUT2D eigenvalue weighted by atomic mass is 79.9. The minimum atomic E-state index is -0.409. The van der Waals surface area contributed by atoms with Gasteiger partial charge in [0.15, 0.2) is 5.65 Å². The summed E-state index contributed by atoms with van der Waals surface area (Å²) in [5, 5.41) is 5.33. The van der Waals surface area contributed by atoms with E-state index in [1.807, 2.05) is 17.7 Å². The number of methoxy groups -OCH3 is 1. The van der Waals surface area contributed by atoms with Gasteiger partial charge in [0.25, 0.3) is 0 Å². The number of nitrogens with zero attached hydrogens (tertiary/aromatic N) is 4. The number of esters is 1. The Hall–Kier alpha value is -2.58. The normalized spacial score (nSPS) is 11.4. The third kappa shape index (κ3) is 4.13. The van der Waals surface area contributed by atoms with Crippen molar-refractivity contribution in [2.75, 3.05) is 13.7 Å². The Labute approximate surface area is 171 Å². The Balaban J connectivity index is 2.32. The van der Waals surface area contributed by atoms with Gasteiger partial charge in [-0.1, -0.05) is 0 Å². The molecule has 3 aromatic rings. The van der Waals surface area contributed by atoms with Crippen molar-refractivity contribution in [3.8, 4) is 11.1 Å². The number of halogens is 1. The molecule has 0 spiro atoms. The standard InChI is InChI=1S/C20H21BrN4O3/c1-4-25-20-16(11-23-25)19(13-8-14(21)10-22-9-13)15(17(24-20)12-27-3)6-7-18(26)28-5-2/h6-11H,4-5,12H2,1-3H3/b7-6+. The molecule has 0 aliphatic rings. The molecule has 28 heavy (non-hydrogen) atoms. The summed E-state index contributed by atoms with van der Waals surface area (Å²) in [7, 11) is 1.61. The lowest BCUT2D eigenvalue weighted by Gasteiger charge is -2.14. The molecule has 0 aromatic carbocycles. The molecular weight excluding hydrogens is 424 g/mol. The first-order chi connectivity index (χ1) is 13.6. The van der Waals surface area contributed by atoms with Gasteiger partial charge in [-0.25, -0.2) is 14.5 Å². The fraction of sp³-hybridized carbons (Fsp3) is 0.300. The zero-order chi connectivity index (χ0) is 20.1. The van der Waals surface area contributed by atoms with Crippen LogP contribution in [0.1, 0.15) is 25.1 Å². The maximum Gasteiger partial charge on any atom is 0.330 e. The number of hydrogen-bond donors (Lipinski definition) is 0. The molecule has 0 fully saturated rings. The van der Waals surface area contributed by atoms with Crippen LogP contribution in [-0.4, -0.2) is 39.4 Å². The van der Waals surface area contributed by atoms with E-state index in [-0.39, 0.29) is 0 Å². The molecule has 0 bridgehead atoms. The highest BCUT2D eigenvalue weighted by molar-refractivity contribution is 9.10. The SMILES string of the molecule is CCOC(=O)/C=C/c1c(COC)nc2c(cnn2CC)c1-c1cncc(Br)c1. The van der Waals surface area contributed by atoms with Crippen LogP contribution in [-0.2, 0) is 27.4 Å². The van der Waals surface area contributed by atoms with Gasteiger partial charge in [-0.3, -0.25) is 4.98 Å². The molecule has 0 amide bonds. The first kappa shape index (κ1) is 20.2. The highest BCUT2D eigenvalue weighted by Crippen LogP contribution is 2.35. The molecule has 146 valence electrons. The number of fused-ring (bicyclic) bond motifs is 1. The largest absolute Gasteiger partial charge is 0.463 e. The van der Waals surface area contributed by atoms with Crippen molar-refractivity contribution in [3.63, 3.8) is 0 Å². The fourth-order valence-corrected chi connectivity index (χ4v) is 3.37. The first-order valence-corrected chi connectivity index (χ1v) is 9.71. The van der Waals surface area contributed by atoms with Gasteiger partial charge >= 0.3 is 5.97 Å². The number of carbonyl (C=O) groups is 1. The number of hydrogen-bond acceptors (Lipinski definition) is 6. The van der Waals surface area contributed by atoms with Gasteiger partial charge in [0.1, 0.15) is 0 Å². The van der Waals surface area contributed by atoms with Crippen LogP contribution in [0.5, 0.6) is 0 Å². The minimum absolute atomic E-state index is 0.293. The number of pyridine rings is 2. The number of carbonyl (C=O) groups excluding carboxylic acids is 1. The molecule has 0 N–H and O–H groups in total. The lowest BCUT2D eigenvalue weighted by Crippen LogP contribution is -2.05. The van der Waals surface area contributed by atoms with Crippen LogP contribution >= 0.6 is 15.9 Å². The molecule has 3 aromatic heterocycles. The minimum Gasteiger partial charge on any atom is -0.463 e. The molecule has 3 heterocycles. The Morgan fingerprint density at radius 2 is 2.11 bits per heavy atom. The Morgan fingerprint density at radius 1 is 1.29 bits per heavy atom. The first-order valence-electron chi connectivity index (χ1n) is 8.92. The van der Waals surface area contributed by atoms with Crippen molar-refractivity contribution in [2.24, 2.45) is 0 Å². The zero-order valence-corrected chi connectivity index (χ0v) is 17.6. The molecule has 0 saturated carbocycles. The number of aryl methyl sites for hydroxylation is 1. The van der Waals surface area contributed by atoms with E-state index in [0.29, 0.717) is 25.5 Å². The van der Waals surface area contributed by atoms with Crippen molar-refractivity contribution in [2.45, 2.75) is 27.0 Å². The Morgan fingerprint density at radius 3 is 2.79 bits per heavy atom.